The number of aromatic carboxylic acids is 1. The second-order valence-corrected chi connectivity index (χ2v) is 6.23. The van der Waals surface area contributed by atoms with E-state index < -0.39 is 11.8 Å². The molecule has 1 aliphatic heterocycles. The summed E-state index contributed by atoms with van der Waals surface area (Å²) in [6.45, 7) is 2.83. The summed E-state index contributed by atoms with van der Waals surface area (Å²) in [5.74, 6) is -2.15. The SMILES string of the molecule is Cc1nc(C(=O)N2CCN(C(=O)c3cccc(F)c3)CC2)ccc1C(=O)O. The van der Waals surface area contributed by atoms with Gasteiger partial charge in [0.05, 0.1) is 11.3 Å². The number of halogens is 1. The van der Waals surface area contributed by atoms with Crippen LogP contribution in [0.25, 0.3) is 0 Å². The standard InChI is InChI=1S/C19H18FN3O4/c1-12-15(19(26)27)5-6-16(21-12)18(25)23-9-7-22(8-10-23)17(24)13-3-2-4-14(20)11-13/h2-6,11H,7-10H2,1H3,(H,26,27). The Balaban J connectivity index is 1.65. The van der Waals surface area contributed by atoms with Crippen LogP contribution in [0.3, 0.4) is 0 Å². The van der Waals surface area contributed by atoms with Gasteiger partial charge in [-0.15, -0.1) is 0 Å². The van der Waals surface area contributed by atoms with Crippen molar-refractivity contribution < 1.29 is 23.9 Å². The second kappa shape index (κ2) is 7.53. The number of amides is 2. The number of benzene rings is 1. The molecule has 0 bridgehead atoms. The molecule has 0 saturated carbocycles. The maximum absolute atomic E-state index is 13.3. The van der Waals surface area contributed by atoms with Crippen molar-refractivity contribution in [2.75, 3.05) is 26.2 Å². The fraction of sp³-hybridized carbons (Fsp3) is 0.263. The number of carbonyl (C=O) groups is 3. The van der Waals surface area contributed by atoms with E-state index in [1.165, 1.54) is 37.3 Å². The molecule has 0 spiro atoms. The Morgan fingerprint density at radius 3 is 2.19 bits per heavy atom. The van der Waals surface area contributed by atoms with Gasteiger partial charge in [0, 0.05) is 31.7 Å². The van der Waals surface area contributed by atoms with Gasteiger partial charge in [-0.3, -0.25) is 9.59 Å². The van der Waals surface area contributed by atoms with Gasteiger partial charge in [0.15, 0.2) is 0 Å². The summed E-state index contributed by atoms with van der Waals surface area (Å²) < 4.78 is 13.3. The van der Waals surface area contributed by atoms with Crippen LogP contribution in [0.15, 0.2) is 36.4 Å². The molecule has 1 N–H and O–H groups in total. The molecule has 2 amide bonds. The van der Waals surface area contributed by atoms with Crippen molar-refractivity contribution in [1.29, 1.82) is 0 Å². The van der Waals surface area contributed by atoms with E-state index in [-0.39, 0.29) is 34.3 Å². The third-order valence-corrected chi connectivity index (χ3v) is 4.46. The molecule has 140 valence electrons. The van der Waals surface area contributed by atoms with Gasteiger partial charge < -0.3 is 14.9 Å². The lowest BCUT2D eigenvalue weighted by molar-refractivity contribution is 0.0532. The van der Waals surface area contributed by atoms with Crippen LogP contribution >= 0.6 is 0 Å². The zero-order chi connectivity index (χ0) is 19.6. The zero-order valence-electron chi connectivity index (χ0n) is 14.7. The number of carboxylic acids is 1. The largest absolute Gasteiger partial charge is 0.478 e. The van der Waals surface area contributed by atoms with Gasteiger partial charge in [0.1, 0.15) is 11.5 Å². The second-order valence-electron chi connectivity index (χ2n) is 6.23. The predicted molar refractivity (Wildman–Crippen MR) is 94.1 cm³/mol. The summed E-state index contributed by atoms with van der Waals surface area (Å²) in [7, 11) is 0. The maximum Gasteiger partial charge on any atom is 0.337 e. The molecule has 1 fully saturated rings. The van der Waals surface area contributed by atoms with Gasteiger partial charge in [-0.25, -0.2) is 14.2 Å². The first-order chi connectivity index (χ1) is 12.9. The predicted octanol–water partition coefficient (Wildman–Crippen LogP) is 1.83. The number of carboxylic acid groups (broad SMARTS) is 1. The van der Waals surface area contributed by atoms with Crippen molar-refractivity contribution in [3.63, 3.8) is 0 Å². The topological polar surface area (TPSA) is 90.8 Å². The first-order valence-corrected chi connectivity index (χ1v) is 8.42. The summed E-state index contributed by atoms with van der Waals surface area (Å²) in [6.07, 6.45) is 0. The van der Waals surface area contributed by atoms with Gasteiger partial charge in [0.25, 0.3) is 11.8 Å². The Morgan fingerprint density at radius 2 is 1.63 bits per heavy atom. The summed E-state index contributed by atoms with van der Waals surface area (Å²) in [5, 5.41) is 9.04. The van der Waals surface area contributed by atoms with Crippen LogP contribution in [-0.2, 0) is 0 Å². The molecule has 0 radical (unpaired) electrons. The van der Waals surface area contributed by atoms with Crippen molar-refractivity contribution >= 4 is 17.8 Å². The molecular weight excluding hydrogens is 353 g/mol. The van der Waals surface area contributed by atoms with E-state index in [2.05, 4.69) is 4.98 Å². The summed E-state index contributed by atoms with van der Waals surface area (Å²) >= 11 is 0. The van der Waals surface area contributed by atoms with Gasteiger partial charge in [0.2, 0.25) is 0 Å². The number of hydrogen-bond acceptors (Lipinski definition) is 4. The quantitative estimate of drug-likeness (QED) is 0.889. The van der Waals surface area contributed by atoms with E-state index in [9.17, 15) is 18.8 Å². The van der Waals surface area contributed by atoms with Crippen molar-refractivity contribution in [1.82, 2.24) is 14.8 Å². The average molecular weight is 371 g/mol. The molecule has 2 aromatic rings. The first kappa shape index (κ1) is 18.5. The van der Waals surface area contributed by atoms with E-state index >= 15 is 0 Å². The Hall–Kier alpha value is -3.29. The molecule has 2 heterocycles. The normalized spacial score (nSPS) is 14.1. The molecule has 0 unspecified atom stereocenters. The minimum absolute atomic E-state index is 0.0528. The minimum atomic E-state index is -1.09. The van der Waals surface area contributed by atoms with Crippen LogP contribution in [0.5, 0.6) is 0 Å². The molecule has 1 aromatic carbocycles. The number of aryl methyl sites for hydroxylation is 1. The molecular formula is C19H18FN3O4. The van der Waals surface area contributed by atoms with Crippen LogP contribution in [0, 0.1) is 12.7 Å². The molecule has 27 heavy (non-hydrogen) atoms. The van der Waals surface area contributed by atoms with Gasteiger partial charge >= 0.3 is 5.97 Å². The van der Waals surface area contributed by atoms with Gasteiger partial charge in [-0.1, -0.05) is 6.07 Å². The van der Waals surface area contributed by atoms with E-state index in [1.807, 2.05) is 0 Å². The van der Waals surface area contributed by atoms with E-state index in [0.29, 0.717) is 26.2 Å². The fourth-order valence-electron chi connectivity index (χ4n) is 2.98. The van der Waals surface area contributed by atoms with Crippen molar-refractivity contribution in [2.45, 2.75) is 6.92 Å². The van der Waals surface area contributed by atoms with E-state index in [4.69, 9.17) is 5.11 Å². The summed E-state index contributed by atoms with van der Waals surface area (Å²) in [6, 6.07) is 8.26. The number of piperazine rings is 1. The minimum Gasteiger partial charge on any atom is -0.478 e. The highest BCUT2D eigenvalue weighted by molar-refractivity contribution is 5.96. The fourth-order valence-corrected chi connectivity index (χ4v) is 2.98. The average Bonchev–Trinajstić information content (AvgIpc) is 2.66. The Labute approximate surface area is 155 Å². The van der Waals surface area contributed by atoms with E-state index in [0.717, 1.165) is 0 Å². The molecule has 0 atom stereocenters. The number of nitrogens with zero attached hydrogens (tertiary/aromatic N) is 3. The number of aromatic nitrogens is 1. The highest BCUT2D eigenvalue weighted by Crippen LogP contribution is 2.13. The lowest BCUT2D eigenvalue weighted by Gasteiger charge is -2.34. The lowest BCUT2D eigenvalue weighted by Crippen LogP contribution is -2.50. The van der Waals surface area contributed by atoms with Crippen LogP contribution in [0.1, 0.15) is 36.9 Å². The molecule has 3 rings (SSSR count). The zero-order valence-corrected chi connectivity index (χ0v) is 14.7. The first-order valence-electron chi connectivity index (χ1n) is 8.42. The smallest absolute Gasteiger partial charge is 0.337 e. The monoisotopic (exact) mass is 371 g/mol. The Bertz CT molecular complexity index is 908. The number of carbonyl (C=O) groups excluding carboxylic acids is 2. The number of rotatable bonds is 3. The van der Waals surface area contributed by atoms with E-state index in [1.54, 1.807) is 15.9 Å². The van der Waals surface area contributed by atoms with Crippen LogP contribution in [0.2, 0.25) is 0 Å². The van der Waals surface area contributed by atoms with Crippen molar-refractivity contribution in [3.05, 3.63) is 64.7 Å². The molecule has 1 aliphatic rings. The molecule has 8 heteroatoms. The summed E-state index contributed by atoms with van der Waals surface area (Å²) in [4.78, 5) is 43.3. The lowest BCUT2D eigenvalue weighted by atomic mass is 10.1. The van der Waals surface area contributed by atoms with Gasteiger partial charge in [-0.05, 0) is 37.3 Å². The molecule has 1 aromatic heterocycles. The van der Waals surface area contributed by atoms with Crippen LogP contribution in [-0.4, -0.2) is 63.9 Å². The van der Waals surface area contributed by atoms with Crippen molar-refractivity contribution in [3.8, 4) is 0 Å². The van der Waals surface area contributed by atoms with Crippen LogP contribution < -0.4 is 0 Å². The highest BCUT2D eigenvalue weighted by atomic mass is 19.1. The molecule has 0 aliphatic carbocycles. The Morgan fingerprint density at radius 1 is 1.00 bits per heavy atom. The molecule has 1 saturated heterocycles. The summed E-state index contributed by atoms with van der Waals surface area (Å²) in [5.41, 5.74) is 0.768. The van der Waals surface area contributed by atoms with Gasteiger partial charge in [-0.2, -0.15) is 0 Å². The Kier molecular flexibility index (Phi) is 5.16. The van der Waals surface area contributed by atoms with Crippen molar-refractivity contribution in [2.24, 2.45) is 0 Å². The third kappa shape index (κ3) is 3.94. The number of hydrogen-bond donors (Lipinski definition) is 1. The van der Waals surface area contributed by atoms with Crippen LogP contribution in [0.4, 0.5) is 4.39 Å². The third-order valence-electron chi connectivity index (χ3n) is 4.46. The maximum atomic E-state index is 13.3. The molecule has 7 nitrogen and oxygen atoms in total. The number of pyridine rings is 1. The highest BCUT2D eigenvalue weighted by Gasteiger charge is 2.26.